The van der Waals surface area contributed by atoms with E-state index in [1.807, 2.05) is 0 Å². The van der Waals surface area contributed by atoms with Crippen LogP contribution >= 0.6 is 0 Å². The van der Waals surface area contributed by atoms with Gasteiger partial charge in [-0.2, -0.15) is 0 Å². The normalized spacial score (nSPS) is 34.3. The molecule has 0 spiro atoms. The molecular formula is C42H54O11Si. The highest BCUT2D eigenvalue weighted by Crippen LogP contribution is 2.65. The molecule has 0 amide bonds. The van der Waals surface area contributed by atoms with Crippen LogP contribution in [0.3, 0.4) is 0 Å². The minimum absolute atomic E-state index is 0.143. The molecule has 292 valence electrons. The van der Waals surface area contributed by atoms with E-state index in [0.717, 1.165) is 18.1 Å². The fraction of sp³-hybridized carbons (Fsp3) is 0.571. The van der Waals surface area contributed by atoms with Crippen molar-refractivity contribution >= 4 is 32.0 Å². The van der Waals surface area contributed by atoms with Crippen molar-refractivity contribution in [2.24, 2.45) is 16.7 Å². The molecule has 2 bridgehead atoms. The number of hydrogen-bond donors (Lipinski definition) is 2. The minimum atomic E-state index is -2.53. The van der Waals surface area contributed by atoms with Crippen LogP contribution in [0.4, 0.5) is 0 Å². The zero-order valence-electron chi connectivity index (χ0n) is 32.5. The second-order valence-electron chi connectivity index (χ2n) is 16.3. The first-order chi connectivity index (χ1) is 25.5. The second-order valence-corrected chi connectivity index (χ2v) is 21.0. The Morgan fingerprint density at radius 2 is 1.44 bits per heavy atom. The lowest BCUT2D eigenvalue weighted by molar-refractivity contribution is -0.340. The molecule has 2 N–H and O–H groups in total. The summed E-state index contributed by atoms with van der Waals surface area (Å²) in [5.41, 5.74) is -5.83. The van der Waals surface area contributed by atoms with Gasteiger partial charge in [0.2, 0.25) is 0 Å². The lowest BCUT2D eigenvalue weighted by Gasteiger charge is -2.68. The topological polar surface area (TPSA) is 155 Å². The zero-order chi connectivity index (χ0) is 39.4. The summed E-state index contributed by atoms with van der Waals surface area (Å²) < 4.78 is 32.7. The van der Waals surface area contributed by atoms with E-state index in [2.05, 4.69) is 20.8 Å². The predicted octanol–water partition coefficient (Wildman–Crippen LogP) is 5.98. The Hall–Kier alpha value is -3.68. The standard InChI is InChI=1S/C42H54O11Si/c1-9-54(10-2,11-3)53-30-22-31-41(24-49-31,52-38(47)28-20-16-13-17-21-28)34-36(51-37(46)27-18-14-12-15-19-27)42(48)23-29(44)25(4)32(39(42,6)7)33(50-26(5)43)35(45)40(30,34)8/h12-21,29-31,33-34,36,44,48H,9-11,22-24H2,1-8H3/t29-,30-,31+,33+,34-,36-,40+,41-,42+/m0/s1. The summed E-state index contributed by atoms with van der Waals surface area (Å²) in [5, 5.41) is 25.2. The van der Waals surface area contributed by atoms with Gasteiger partial charge in [-0.05, 0) is 67.4 Å². The number of carbonyl (C=O) groups is 4. The molecule has 0 radical (unpaired) electrons. The Bertz CT molecular complexity index is 1800. The van der Waals surface area contributed by atoms with Crippen LogP contribution in [0, 0.1) is 16.7 Å². The third kappa shape index (κ3) is 6.09. The molecule has 2 aromatic carbocycles. The van der Waals surface area contributed by atoms with Gasteiger partial charge in [-0.25, -0.2) is 9.59 Å². The number of aliphatic hydroxyl groups excluding tert-OH is 1. The number of carbonyl (C=O) groups excluding carboxylic acids is 4. The number of aliphatic hydroxyl groups is 2. The van der Waals surface area contributed by atoms with Gasteiger partial charge in [-0.3, -0.25) is 9.59 Å². The van der Waals surface area contributed by atoms with Gasteiger partial charge in [-0.15, -0.1) is 0 Å². The Balaban J connectivity index is 1.69. The maximum Gasteiger partial charge on any atom is 0.338 e. The molecule has 9 atom stereocenters. The SMILES string of the molecule is CC[Si](CC)(CC)O[C@H]1C[C@H]2OC[C@@]2(OC(=O)c2ccccc2)[C@H]2[C@H](OC(=O)c3ccccc3)[C@]3(O)C[C@H](O)C(C)=C([C@@H](OC(C)=O)C(=O)[C@]12C)C3(C)C. The number of fused-ring (bicyclic) bond motifs is 5. The van der Waals surface area contributed by atoms with Gasteiger partial charge in [-0.1, -0.05) is 71.0 Å². The lowest BCUT2D eigenvalue weighted by atomic mass is 9.44. The van der Waals surface area contributed by atoms with Crippen LogP contribution in [0.15, 0.2) is 71.8 Å². The smallest absolute Gasteiger partial charge is 0.338 e. The van der Waals surface area contributed by atoms with Crippen LogP contribution in [0.25, 0.3) is 0 Å². The fourth-order valence-electron chi connectivity index (χ4n) is 9.90. The molecule has 2 aromatic rings. The van der Waals surface area contributed by atoms with Crippen LogP contribution in [0.2, 0.25) is 18.1 Å². The van der Waals surface area contributed by atoms with Gasteiger partial charge >= 0.3 is 17.9 Å². The van der Waals surface area contributed by atoms with Crippen LogP contribution < -0.4 is 0 Å². The highest BCUT2D eigenvalue weighted by atomic mass is 28.4. The quantitative estimate of drug-likeness (QED) is 0.127. The Morgan fingerprint density at radius 1 is 0.889 bits per heavy atom. The molecule has 6 rings (SSSR count). The monoisotopic (exact) mass is 762 g/mol. The van der Waals surface area contributed by atoms with Crippen LogP contribution in [-0.2, 0) is 33.0 Å². The van der Waals surface area contributed by atoms with Crippen LogP contribution in [-0.4, -0.2) is 90.6 Å². The van der Waals surface area contributed by atoms with E-state index in [0.29, 0.717) is 5.57 Å². The van der Waals surface area contributed by atoms with Crippen LogP contribution in [0.1, 0.15) is 88.9 Å². The second kappa shape index (κ2) is 14.4. The minimum Gasteiger partial charge on any atom is -0.455 e. The Labute approximate surface area is 318 Å². The summed E-state index contributed by atoms with van der Waals surface area (Å²) in [4.78, 5) is 57.4. The Kier molecular flexibility index (Phi) is 10.7. The Morgan fingerprint density at radius 3 is 1.94 bits per heavy atom. The molecule has 3 aliphatic carbocycles. The number of Topliss-reactive ketones (excluding diaryl/α,β-unsaturated/α-hetero) is 1. The summed E-state index contributed by atoms with van der Waals surface area (Å²) in [6.45, 7) is 14.0. The number of ether oxygens (including phenoxy) is 4. The first kappa shape index (κ1) is 40.0. The molecule has 2 saturated carbocycles. The summed E-state index contributed by atoms with van der Waals surface area (Å²) >= 11 is 0. The zero-order valence-corrected chi connectivity index (χ0v) is 33.5. The first-order valence-electron chi connectivity index (χ1n) is 19.1. The van der Waals surface area contributed by atoms with E-state index in [9.17, 15) is 24.6 Å². The van der Waals surface area contributed by atoms with Gasteiger partial charge in [0.1, 0.15) is 17.8 Å². The molecule has 1 heterocycles. The van der Waals surface area contributed by atoms with Crippen LogP contribution in [0.5, 0.6) is 0 Å². The average Bonchev–Trinajstić information content (AvgIpc) is 3.15. The largest absolute Gasteiger partial charge is 0.455 e. The first-order valence-corrected chi connectivity index (χ1v) is 21.7. The van der Waals surface area contributed by atoms with Crippen molar-refractivity contribution in [3.05, 3.63) is 82.9 Å². The highest BCUT2D eigenvalue weighted by molar-refractivity contribution is 6.73. The van der Waals surface area contributed by atoms with Crippen molar-refractivity contribution in [1.82, 2.24) is 0 Å². The van der Waals surface area contributed by atoms with E-state index >= 15 is 4.79 Å². The van der Waals surface area contributed by atoms with Crippen molar-refractivity contribution in [1.29, 1.82) is 0 Å². The van der Waals surface area contributed by atoms with E-state index in [-0.39, 0.29) is 36.1 Å². The van der Waals surface area contributed by atoms with Crippen molar-refractivity contribution in [3.63, 3.8) is 0 Å². The van der Waals surface area contributed by atoms with Gasteiger partial charge in [0, 0.05) is 25.2 Å². The van der Waals surface area contributed by atoms with Crippen molar-refractivity contribution in [2.45, 2.75) is 128 Å². The molecule has 0 unspecified atom stereocenters. The predicted molar refractivity (Wildman–Crippen MR) is 201 cm³/mol. The molecule has 12 heteroatoms. The molecule has 3 fully saturated rings. The van der Waals surface area contributed by atoms with Gasteiger partial charge in [0.15, 0.2) is 25.8 Å². The van der Waals surface area contributed by atoms with Gasteiger partial charge in [0.25, 0.3) is 0 Å². The molecule has 11 nitrogen and oxygen atoms in total. The fourth-order valence-corrected chi connectivity index (χ4v) is 12.8. The lowest BCUT2D eigenvalue weighted by Crippen LogP contribution is -2.82. The van der Waals surface area contributed by atoms with Crippen molar-refractivity contribution in [2.75, 3.05) is 6.61 Å². The highest BCUT2D eigenvalue weighted by Gasteiger charge is 2.79. The molecule has 54 heavy (non-hydrogen) atoms. The molecule has 1 aliphatic heterocycles. The summed E-state index contributed by atoms with van der Waals surface area (Å²) in [6, 6.07) is 19.0. The molecule has 0 aromatic heterocycles. The maximum absolute atomic E-state index is 15.9. The van der Waals surface area contributed by atoms with Crippen molar-refractivity contribution < 1.29 is 52.8 Å². The summed E-state index contributed by atoms with van der Waals surface area (Å²) in [6.07, 6.45) is -6.30. The van der Waals surface area contributed by atoms with Gasteiger partial charge in [0.05, 0.1) is 41.3 Å². The molecule has 4 aliphatic rings. The molecular weight excluding hydrogens is 709 g/mol. The summed E-state index contributed by atoms with van der Waals surface area (Å²) in [7, 11) is -2.53. The number of ketones is 1. The number of benzene rings is 2. The number of esters is 3. The van der Waals surface area contributed by atoms with E-state index in [1.165, 1.54) is 6.92 Å². The number of rotatable bonds is 10. The maximum atomic E-state index is 15.9. The van der Waals surface area contributed by atoms with Crippen molar-refractivity contribution in [3.8, 4) is 0 Å². The number of hydrogen-bond acceptors (Lipinski definition) is 11. The van der Waals surface area contributed by atoms with Gasteiger partial charge < -0.3 is 33.6 Å². The van der Waals surface area contributed by atoms with E-state index in [1.54, 1.807) is 88.4 Å². The summed E-state index contributed by atoms with van der Waals surface area (Å²) in [5.74, 6) is -4.05. The third-order valence-corrected chi connectivity index (χ3v) is 18.1. The van der Waals surface area contributed by atoms with E-state index < -0.39 is 90.5 Å². The van der Waals surface area contributed by atoms with E-state index in [4.69, 9.17) is 23.4 Å². The average molecular weight is 763 g/mol. The third-order valence-electron chi connectivity index (χ3n) is 13.5. The molecule has 1 saturated heterocycles.